The normalized spacial score (nSPS) is 10.5. The minimum Gasteiger partial charge on any atom is -0.494 e. The summed E-state index contributed by atoms with van der Waals surface area (Å²) in [5.74, 6) is 0.00549. The summed E-state index contributed by atoms with van der Waals surface area (Å²) >= 11 is 0. The molecule has 1 aromatic carbocycles. The van der Waals surface area contributed by atoms with Gasteiger partial charge in [-0.15, -0.1) is 0 Å². The van der Waals surface area contributed by atoms with Crippen LogP contribution in [-0.2, 0) is 11.3 Å². The molecule has 0 aliphatic heterocycles. The Labute approximate surface area is 102 Å². The molecule has 1 aromatic rings. The van der Waals surface area contributed by atoms with Gasteiger partial charge in [-0.3, -0.25) is 0 Å². The van der Waals surface area contributed by atoms with Crippen molar-refractivity contribution in [2.24, 2.45) is 0 Å². The van der Waals surface area contributed by atoms with Crippen molar-refractivity contribution in [1.82, 2.24) is 5.32 Å². The fourth-order valence-electron chi connectivity index (χ4n) is 1.52. The Kier molecular flexibility index (Phi) is 6.58. The highest BCUT2D eigenvalue weighted by Crippen LogP contribution is 2.19. The molecule has 0 atom stereocenters. The predicted octanol–water partition coefficient (Wildman–Crippen LogP) is 2.35. The Morgan fingerprint density at radius 2 is 2.18 bits per heavy atom. The topological polar surface area (TPSA) is 30.5 Å². The summed E-state index contributed by atoms with van der Waals surface area (Å²) < 4.78 is 23.8. The van der Waals surface area contributed by atoms with Gasteiger partial charge in [-0.1, -0.05) is 12.1 Å². The predicted molar refractivity (Wildman–Crippen MR) is 65.8 cm³/mol. The lowest BCUT2D eigenvalue weighted by atomic mass is 10.2. The Morgan fingerprint density at radius 3 is 2.88 bits per heavy atom. The molecule has 0 amide bonds. The highest BCUT2D eigenvalue weighted by atomic mass is 19.1. The van der Waals surface area contributed by atoms with Crippen LogP contribution in [0, 0.1) is 5.82 Å². The Bertz CT molecular complexity index is 331. The highest BCUT2D eigenvalue weighted by Gasteiger charge is 2.07. The molecule has 0 saturated carbocycles. The SMILES string of the molecule is CCOCCCNCc1cccc(OC)c1F. The van der Waals surface area contributed by atoms with Crippen molar-refractivity contribution in [3.05, 3.63) is 29.6 Å². The van der Waals surface area contributed by atoms with E-state index < -0.39 is 0 Å². The van der Waals surface area contributed by atoms with E-state index in [2.05, 4.69) is 5.32 Å². The van der Waals surface area contributed by atoms with Crippen LogP contribution in [0.25, 0.3) is 0 Å². The minimum absolute atomic E-state index is 0.285. The van der Waals surface area contributed by atoms with Gasteiger partial charge in [-0.2, -0.15) is 0 Å². The first-order valence-electron chi connectivity index (χ1n) is 5.89. The first-order valence-corrected chi connectivity index (χ1v) is 5.89. The van der Waals surface area contributed by atoms with E-state index in [9.17, 15) is 4.39 Å². The van der Waals surface area contributed by atoms with Crippen LogP contribution in [0.2, 0.25) is 0 Å². The molecule has 3 nitrogen and oxygen atoms in total. The van der Waals surface area contributed by atoms with Crippen molar-refractivity contribution in [1.29, 1.82) is 0 Å². The molecular weight excluding hydrogens is 221 g/mol. The van der Waals surface area contributed by atoms with Gasteiger partial charge in [-0.25, -0.2) is 4.39 Å². The van der Waals surface area contributed by atoms with Gasteiger partial charge in [0.1, 0.15) is 0 Å². The maximum atomic E-state index is 13.7. The summed E-state index contributed by atoms with van der Waals surface area (Å²) in [7, 11) is 1.47. The maximum Gasteiger partial charge on any atom is 0.169 e. The molecule has 0 fully saturated rings. The van der Waals surface area contributed by atoms with Crippen molar-refractivity contribution in [2.45, 2.75) is 19.9 Å². The lowest BCUT2D eigenvalue weighted by molar-refractivity contribution is 0.144. The van der Waals surface area contributed by atoms with Crippen LogP contribution in [0.1, 0.15) is 18.9 Å². The second-order valence-electron chi connectivity index (χ2n) is 3.66. The van der Waals surface area contributed by atoms with Crippen LogP contribution in [0.5, 0.6) is 5.75 Å². The van der Waals surface area contributed by atoms with Crippen molar-refractivity contribution in [2.75, 3.05) is 26.9 Å². The second kappa shape index (κ2) is 8.03. The Balaban J connectivity index is 2.31. The molecular formula is C13H20FNO2. The fourth-order valence-corrected chi connectivity index (χ4v) is 1.52. The van der Waals surface area contributed by atoms with Crippen LogP contribution in [0.4, 0.5) is 4.39 Å². The van der Waals surface area contributed by atoms with E-state index in [-0.39, 0.29) is 5.82 Å². The van der Waals surface area contributed by atoms with Gasteiger partial charge in [0, 0.05) is 25.3 Å². The van der Waals surface area contributed by atoms with Crippen molar-refractivity contribution in [3.63, 3.8) is 0 Å². The monoisotopic (exact) mass is 241 g/mol. The number of hydrogen-bond acceptors (Lipinski definition) is 3. The number of methoxy groups -OCH3 is 1. The van der Waals surface area contributed by atoms with Gasteiger partial charge in [-0.05, 0) is 26.0 Å². The summed E-state index contributed by atoms with van der Waals surface area (Å²) in [6.07, 6.45) is 0.930. The molecule has 0 radical (unpaired) electrons. The molecule has 0 saturated heterocycles. The number of nitrogens with one attached hydrogen (secondary N) is 1. The van der Waals surface area contributed by atoms with Crippen LogP contribution < -0.4 is 10.1 Å². The van der Waals surface area contributed by atoms with E-state index >= 15 is 0 Å². The largest absolute Gasteiger partial charge is 0.494 e. The molecule has 0 bridgehead atoms. The van der Waals surface area contributed by atoms with E-state index in [1.54, 1.807) is 18.2 Å². The molecule has 0 aliphatic carbocycles. The van der Waals surface area contributed by atoms with E-state index in [0.29, 0.717) is 17.9 Å². The van der Waals surface area contributed by atoms with Crippen LogP contribution in [-0.4, -0.2) is 26.9 Å². The summed E-state index contributed by atoms with van der Waals surface area (Å²) in [5, 5.41) is 3.18. The zero-order valence-corrected chi connectivity index (χ0v) is 10.5. The lowest BCUT2D eigenvalue weighted by Gasteiger charge is -2.08. The maximum absolute atomic E-state index is 13.7. The lowest BCUT2D eigenvalue weighted by Crippen LogP contribution is -2.17. The second-order valence-corrected chi connectivity index (χ2v) is 3.66. The third-order valence-electron chi connectivity index (χ3n) is 2.42. The molecule has 1 rings (SSSR count). The standard InChI is InChI=1S/C13H20FNO2/c1-3-17-9-5-8-15-10-11-6-4-7-12(16-2)13(11)14/h4,6-7,15H,3,5,8-10H2,1-2H3. The number of rotatable bonds is 8. The molecule has 4 heteroatoms. The minimum atomic E-state index is -0.285. The molecule has 0 heterocycles. The van der Waals surface area contributed by atoms with Crippen LogP contribution >= 0.6 is 0 Å². The summed E-state index contributed by atoms with van der Waals surface area (Å²) in [5.41, 5.74) is 0.626. The molecule has 17 heavy (non-hydrogen) atoms. The van der Waals surface area contributed by atoms with Crippen LogP contribution in [0.15, 0.2) is 18.2 Å². The van der Waals surface area contributed by atoms with Gasteiger partial charge in [0.15, 0.2) is 11.6 Å². The Morgan fingerprint density at radius 1 is 1.35 bits per heavy atom. The summed E-state index contributed by atoms with van der Waals surface area (Å²) in [4.78, 5) is 0. The molecule has 0 aliphatic rings. The third-order valence-corrected chi connectivity index (χ3v) is 2.42. The van der Waals surface area contributed by atoms with Gasteiger partial charge >= 0.3 is 0 Å². The van der Waals surface area contributed by atoms with Crippen molar-refractivity contribution in [3.8, 4) is 5.75 Å². The van der Waals surface area contributed by atoms with Gasteiger partial charge < -0.3 is 14.8 Å². The number of halogens is 1. The Hall–Kier alpha value is -1.13. The number of hydrogen-bond donors (Lipinski definition) is 1. The summed E-state index contributed by atoms with van der Waals surface area (Å²) in [6, 6.07) is 5.17. The zero-order valence-electron chi connectivity index (χ0n) is 10.5. The highest BCUT2D eigenvalue weighted by molar-refractivity contribution is 5.30. The number of ether oxygens (including phenoxy) is 2. The summed E-state index contributed by atoms with van der Waals surface area (Å²) in [6.45, 7) is 4.78. The first-order chi connectivity index (χ1) is 8.29. The average Bonchev–Trinajstić information content (AvgIpc) is 2.35. The molecule has 0 unspecified atom stereocenters. The van der Waals surface area contributed by atoms with Gasteiger partial charge in [0.05, 0.1) is 7.11 Å². The van der Waals surface area contributed by atoms with Crippen molar-refractivity contribution >= 4 is 0 Å². The first kappa shape index (κ1) is 13.9. The average molecular weight is 241 g/mol. The van der Waals surface area contributed by atoms with Gasteiger partial charge in [0.25, 0.3) is 0 Å². The van der Waals surface area contributed by atoms with Crippen LogP contribution in [0.3, 0.4) is 0 Å². The quantitative estimate of drug-likeness (QED) is 0.709. The fraction of sp³-hybridized carbons (Fsp3) is 0.538. The van der Waals surface area contributed by atoms with E-state index in [0.717, 1.165) is 26.2 Å². The molecule has 96 valence electrons. The molecule has 0 spiro atoms. The van der Waals surface area contributed by atoms with Crippen molar-refractivity contribution < 1.29 is 13.9 Å². The molecule has 0 aromatic heterocycles. The smallest absolute Gasteiger partial charge is 0.169 e. The number of benzene rings is 1. The van der Waals surface area contributed by atoms with Gasteiger partial charge in [0.2, 0.25) is 0 Å². The zero-order chi connectivity index (χ0) is 12.5. The van der Waals surface area contributed by atoms with E-state index in [1.807, 2.05) is 6.92 Å². The molecule has 1 N–H and O–H groups in total. The van der Waals surface area contributed by atoms with E-state index in [4.69, 9.17) is 9.47 Å². The third kappa shape index (κ3) is 4.71. The van der Waals surface area contributed by atoms with E-state index in [1.165, 1.54) is 7.11 Å².